The largest absolute Gasteiger partial charge is 0.573 e. The maximum absolute atomic E-state index is 13.4. The van der Waals surface area contributed by atoms with E-state index in [1.165, 1.54) is 29.5 Å². The van der Waals surface area contributed by atoms with E-state index in [0.29, 0.717) is 35.6 Å². The third kappa shape index (κ3) is 5.26. The van der Waals surface area contributed by atoms with Gasteiger partial charge in [0.25, 0.3) is 5.91 Å². The van der Waals surface area contributed by atoms with Crippen molar-refractivity contribution in [3.05, 3.63) is 45.9 Å². The van der Waals surface area contributed by atoms with E-state index in [1.54, 1.807) is 16.3 Å². The Labute approximate surface area is 190 Å². The van der Waals surface area contributed by atoms with Crippen molar-refractivity contribution in [2.24, 2.45) is 17.8 Å². The zero-order valence-electron chi connectivity index (χ0n) is 18.4. The summed E-state index contributed by atoms with van der Waals surface area (Å²) in [5.74, 6) is 1.39. The first-order chi connectivity index (χ1) is 15.1. The Hall–Kier alpha value is -2.13. The standard InChI is InChI=1S/C23H28F3N3O2S/c1-4-28-10-17-18(11-28)19(17)12-29(22(30)20-13-32-21(27-20)14(2)3)9-15-6-5-7-16(8-15)31-23(24,25)26/h5-8,13-14,17-19H,4,9-12H2,1-3H3. The van der Waals surface area contributed by atoms with Crippen molar-refractivity contribution >= 4 is 17.2 Å². The molecule has 0 spiro atoms. The highest BCUT2D eigenvalue weighted by atomic mass is 32.1. The Kier molecular flexibility index (Phi) is 6.49. The maximum atomic E-state index is 13.4. The molecule has 0 N–H and O–H groups in total. The van der Waals surface area contributed by atoms with Crippen molar-refractivity contribution in [3.63, 3.8) is 0 Å². The van der Waals surface area contributed by atoms with Gasteiger partial charge in [-0.3, -0.25) is 4.79 Å². The molecular weight excluding hydrogens is 439 g/mol. The van der Waals surface area contributed by atoms with Crippen LogP contribution in [0.3, 0.4) is 0 Å². The third-order valence-corrected chi connectivity index (χ3v) is 7.50. The highest BCUT2D eigenvalue weighted by molar-refractivity contribution is 7.09. The number of likely N-dealkylation sites (tertiary alicyclic amines) is 1. The summed E-state index contributed by atoms with van der Waals surface area (Å²) in [6, 6.07) is 5.85. The SMILES string of the molecule is CCN1CC2C(C1)C2CN(Cc1cccc(OC(F)(F)F)c1)C(=O)c1csc(C(C)C)n1. The van der Waals surface area contributed by atoms with Crippen molar-refractivity contribution in [1.82, 2.24) is 14.8 Å². The second kappa shape index (κ2) is 9.02. The molecule has 2 fully saturated rings. The molecule has 2 unspecified atom stereocenters. The van der Waals surface area contributed by atoms with Gasteiger partial charge in [0.05, 0.1) is 5.01 Å². The van der Waals surface area contributed by atoms with Crippen LogP contribution in [0.5, 0.6) is 5.75 Å². The van der Waals surface area contributed by atoms with E-state index in [2.05, 4.69) is 21.5 Å². The lowest BCUT2D eigenvalue weighted by molar-refractivity contribution is -0.274. The van der Waals surface area contributed by atoms with Gasteiger partial charge in [-0.25, -0.2) is 4.98 Å². The fraction of sp³-hybridized carbons (Fsp3) is 0.565. The number of carbonyl (C=O) groups is 1. The summed E-state index contributed by atoms with van der Waals surface area (Å²) in [5, 5.41) is 2.68. The molecule has 32 heavy (non-hydrogen) atoms. The van der Waals surface area contributed by atoms with Crippen LogP contribution in [0.15, 0.2) is 29.6 Å². The van der Waals surface area contributed by atoms with Crippen LogP contribution in [0, 0.1) is 17.8 Å². The molecule has 4 rings (SSSR count). The molecule has 2 heterocycles. The lowest BCUT2D eigenvalue weighted by Gasteiger charge is -2.25. The molecule has 1 saturated heterocycles. The van der Waals surface area contributed by atoms with Gasteiger partial charge in [0.1, 0.15) is 11.4 Å². The van der Waals surface area contributed by atoms with Gasteiger partial charge in [-0.2, -0.15) is 0 Å². The molecule has 2 aliphatic rings. The van der Waals surface area contributed by atoms with Crippen molar-refractivity contribution in [3.8, 4) is 5.75 Å². The highest BCUT2D eigenvalue weighted by Crippen LogP contribution is 2.52. The van der Waals surface area contributed by atoms with Crippen LogP contribution in [0.2, 0.25) is 0 Å². The lowest BCUT2D eigenvalue weighted by Crippen LogP contribution is -2.35. The average Bonchev–Trinajstić information content (AvgIpc) is 3.11. The number of fused-ring (bicyclic) bond motifs is 1. The zero-order valence-corrected chi connectivity index (χ0v) is 19.2. The topological polar surface area (TPSA) is 45.7 Å². The van der Waals surface area contributed by atoms with Gasteiger partial charge in [-0.05, 0) is 42.0 Å². The summed E-state index contributed by atoms with van der Waals surface area (Å²) >= 11 is 1.46. The number of amides is 1. The summed E-state index contributed by atoms with van der Waals surface area (Å²) < 4.78 is 41.9. The predicted molar refractivity (Wildman–Crippen MR) is 117 cm³/mol. The second-order valence-corrected chi connectivity index (χ2v) is 9.84. The molecule has 9 heteroatoms. The van der Waals surface area contributed by atoms with Gasteiger partial charge in [0.2, 0.25) is 0 Å². The van der Waals surface area contributed by atoms with Gasteiger partial charge in [-0.1, -0.05) is 32.9 Å². The first-order valence-electron chi connectivity index (χ1n) is 11.0. The molecule has 174 valence electrons. The van der Waals surface area contributed by atoms with E-state index in [0.717, 1.165) is 24.6 Å². The molecule has 1 aliphatic heterocycles. The Balaban J connectivity index is 1.51. The molecule has 2 atom stereocenters. The molecule has 1 aliphatic carbocycles. The number of nitrogens with zero attached hydrogens (tertiary/aromatic N) is 3. The van der Waals surface area contributed by atoms with E-state index in [9.17, 15) is 18.0 Å². The van der Waals surface area contributed by atoms with Crippen LogP contribution >= 0.6 is 11.3 Å². The van der Waals surface area contributed by atoms with Crippen LogP contribution in [0.4, 0.5) is 13.2 Å². The number of aromatic nitrogens is 1. The smallest absolute Gasteiger partial charge is 0.406 e. The van der Waals surface area contributed by atoms with E-state index in [4.69, 9.17) is 0 Å². The Morgan fingerprint density at radius 2 is 2.03 bits per heavy atom. The molecule has 1 aromatic heterocycles. The fourth-order valence-corrected chi connectivity index (χ4v) is 5.42. The summed E-state index contributed by atoms with van der Waals surface area (Å²) in [6.45, 7) is 10.2. The second-order valence-electron chi connectivity index (χ2n) is 8.95. The molecule has 2 aromatic rings. The lowest BCUT2D eigenvalue weighted by atomic mass is 10.1. The van der Waals surface area contributed by atoms with E-state index >= 15 is 0 Å². The quantitative estimate of drug-likeness (QED) is 0.548. The fourth-order valence-electron chi connectivity index (χ4n) is 4.61. The number of thiazole rings is 1. The minimum atomic E-state index is -4.75. The number of benzene rings is 1. The van der Waals surface area contributed by atoms with Crippen molar-refractivity contribution in [2.75, 3.05) is 26.2 Å². The van der Waals surface area contributed by atoms with Gasteiger partial charge in [0, 0.05) is 37.5 Å². The van der Waals surface area contributed by atoms with Crippen molar-refractivity contribution in [1.29, 1.82) is 0 Å². The molecule has 5 nitrogen and oxygen atoms in total. The summed E-state index contributed by atoms with van der Waals surface area (Å²) in [4.78, 5) is 22.0. The van der Waals surface area contributed by atoms with Crippen LogP contribution in [-0.2, 0) is 6.54 Å². The Morgan fingerprint density at radius 3 is 2.62 bits per heavy atom. The molecule has 1 saturated carbocycles. The van der Waals surface area contributed by atoms with Gasteiger partial charge in [-0.15, -0.1) is 24.5 Å². The molecule has 1 aromatic carbocycles. The molecule has 0 bridgehead atoms. The van der Waals surface area contributed by atoms with Crippen LogP contribution in [0.1, 0.15) is 47.7 Å². The highest BCUT2D eigenvalue weighted by Gasteiger charge is 2.55. The number of ether oxygens (including phenoxy) is 1. The Morgan fingerprint density at radius 1 is 1.31 bits per heavy atom. The molecular formula is C23H28F3N3O2S. The van der Waals surface area contributed by atoms with E-state index in [-0.39, 0.29) is 24.1 Å². The van der Waals surface area contributed by atoms with Gasteiger partial charge >= 0.3 is 6.36 Å². The number of alkyl halides is 3. The number of hydrogen-bond acceptors (Lipinski definition) is 5. The zero-order chi connectivity index (χ0) is 23.0. The number of rotatable bonds is 8. The average molecular weight is 468 g/mol. The number of piperidine rings is 1. The summed E-state index contributed by atoms with van der Waals surface area (Å²) in [6.07, 6.45) is -4.75. The molecule has 1 amide bonds. The van der Waals surface area contributed by atoms with E-state index in [1.807, 2.05) is 13.8 Å². The third-order valence-electron chi connectivity index (χ3n) is 6.35. The van der Waals surface area contributed by atoms with Crippen LogP contribution < -0.4 is 4.74 Å². The van der Waals surface area contributed by atoms with Gasteiger partial charge < -0.3 is 14.5 Å². The normalized spacial score (nSPS) is 22.8. The van der Waals surface area contributed by atoms with Gasteiger partial charge in [0.15, 0.2) is 0 Å². The summed E-state index contributed by atoms with van der Waals surface area (Å²) in [5.41, 5.74) is 1.00. The van der Waals surface area contributed by atoms with Crippen LogP contribution in [0.25, 0.3) is 0 Å². The number of hydrogen-bond donors (Lipinski definition) is 0. The first-order valence-corrected chi connectivity index (χ1v) is 11.8. The monoisotopic (exact) mass is 467 g/mol. The van der Waals surface area contributed by atoms with Crippen molar-refractivity contribution in [2.45, 2.75) is 39.6 Å². The molecule has 0 radical (unpaired) electrons. The predicted octanol–water partition coefficient (Wildman–Crippen LogP) is 5.01. The number of carbonyl (C=O) groups excluding carboxylic acids is 1. The number of halogens is 3. The minimum absolute atomic E-state index is 0.174. The first kappa shape index (κ1) is 23.0. The van der Waals surface area contributed by atoms with Crippen molar-refractivity contribution < 1.29 is 22.7 Å². The maximum Gasteiger partial charge on any atom is 0.573 e. The van der Waals surface area contributed by atoms with Crippen LogP contribution in [-0.4, -0.2) is 53.2 Å². The summed E-state index contributed by atoms with van der Waals surface area (Å²) in [7, 11) is 0. The minimum Gasteiger partial charge on any atom is -0.406 e. The Bertz CT molecular complexity index is 950. The van der Waals surface area contributed by atoms with E-state index < -0.39 is 6.36 Å².